The van der Waals surface area contributed by atoms with Crippen LogP contribution in [0.3, 0.4) is 0 Å². The first-order valence-corrected chi connectivity index (χ1v) is 8.11. The Hall–Kier alpha value is -2.47. The van der Waals surface area contributed by atoms with E-state index in [-0.39, 0.29) is 12.2 Å². The number of halogens is 1. The van der Waals surface area contributed by atoms with Gasteiger partial charge in [-0.3, -0.25) is 14.4 Å². The number of ketones is 1. The monoisotopic (exact) mass is 388 g/mol. The van der Waals surface area contributed by atoms with Crippen molar-refractivity contribution in [3.05, 3.63) is 58.1 Å². The van der Waals surface area contributed by atoms with Crippen molar-refractivity contribution in [3.8, 4) is 0 Å². The highest BCUT2D eigenvalue weighted by atomic mass is 79.9. The van der Waals surface area contributed by atoms with Crippen molar-refractivity contribution in [2.45, 2.75) is 20.3 Å². The zero-order valence-corrected chi connectivity index (χ0v) is 14.9. The molecule has 0 saturated heterocycles. The molecule has 6 heteroatoms. The minimum absolute atomic E-state index is 0.0898. The van der Waals surface area contributed by atoms with E-state index in [1.807, 2.05) is 19.1 Å². The molecule has 0 aromatic heterocycles. The fraction of sp³-hybridized carbons (Fsp3) is 0.167. The molecule has 0 heterocycles. The fourth-order valence-corrected chi connectivity index (χ4v) is 2.68. The SMILES string of the molecule is CC(=O)c1cccc(NC(=O)CC(=O)Nc2ccc(C)cc2Br)c1. The van der Waals surface area contributed by atoms with Gasteiger partial charge < -0.3 is 10.6 Å². The molecule has 2 amide bonds. The second-order valence-electron chi connectivity index (χ2n) is 5.39. The largest absolute Gasteiger partial charge is 0.326 e. The topological polar surface area (TPSA) is 75.3 Å². The van der Waals surface area contributed by atoms with Crippen molar-refractivity contribution in [1.29, 1.82) is 0 Å². The summed E-state index contributed by atoms with van der Waals surface area (Å²) in [4.78, 5) is 35.3. The van der Waals surface area contributed by atoms with Crippen LogP contribution in [0.15, 0.2) is 46.9 Å². The zero-order valence-electron chi connectivity index (χ0n) is 13.4. The summed E-state index contributed by atoms with van der Waals surface area (Å²) < 4.78 is 0.755. The summed E-state index contributed by atoms with van der Waals surface area (Å²) in [7, 11) is 0. The molecule has 0 aliphatic rings. The van der Waals surface area contributed by atoms with Crippen molar-refractivity contribution in [2.75, 3.05) is 10.6 Å². The number of nitrogens with one attached hydrogen (secondary N) is 2. The van der Waals surface area contributed by atoms with Gasteiger partial charge in [0.2, 0.25) is 11.8 Å². The third-order valence-electron chi connectivity index (χ3n) is 3.27. The third-order valence-corrected chi connectivity index (χ3v) is 3.93. The average Bonchev–Trinajstić information content (AvgIpc) is 2.50. The second-order valence-corrected chi connectivity index (χ2v) is 6.25. The predicted molar refractivity (Wildman–Crippen MR) is 97.2 cm³/mol. The lowest BCUT2D eigenvalue weighted by Gasteiger charge is -2.09. The second kappa shape index (κ2) is 7.88. The predicted octanol–water partition coefficient (Wildman–Crippen LogP) is 3.93. The molecular formula is C18H17BrN2O3. The first-order chi connectivity index (χ1) is 11.3. The Morgan fingerprint density at radius 1 is 1.00 bits per heavy atom. The first kappa shape index (κ1) is 17.9. The van der Waals surface area contributed by atoms with Crippen LogP contribution in [0.25, 0.3) is 0 Å². The number of benzene rings is 2. The maximum Gasteiger partial charge on any atom is 0.233 e. The zero-order chi connectivity index (χ0) is 17.7. The van der Waals surface area contributed by atoms with Crippen LogP contribution in [0.1, 0.15) is 29.3 Å². The smallest absolute Gasteiger partial charge is 0.233 e. The van der Waals surface area contributed by atoms with E-state index in [9.17, 15) is 14.4 Å². The molecule has 5 nitrogen and oxygen atoms in total. The fourth-order valence-electron chi connectivity index (χ4n) is 2.08. The Bertz CT molecular complexity index is 803. The Balaban J connectivity index is 1.95. The van der Waals surface area contributed by atoms with Gasteiger partial charge in [-0.1, -0.05) is 18.2 Å². The van der Waals surface area contributed by atoms with E-state index in [4.69, 9.17) is 0 Å². The number of rotatable bonds is 5. The van der Waals surface area contributed by atoms with Crippen LogP contribution in [-0.2, 0) is 9.59 Å². The van der Waals surface area contributed by atoms with E-state index in [1.165, 1.54) is 6.92 Å². The van der Waals surface area contributed by atoms with Crippen LogP contribution in [0.2, 0.25) is 0 Å². The van der Waals surface area contributed by atoms with E-state index in [1.54, 1.807) is 30.3 Å². The lowest BCUT2D eigenvalue weighted by molar-refractivity contribution is -0.123. The number of amides is 2. The maximum absolute atomic E-state index is 12.0. The number of hydrogen-bond donors (Lipinski definition) is 2. The van der Waals surface area contributed by atoms with Gasteiger partial charge in [0.1, 0.15) is 6.42 Å². The Kier molecular flexibility index (Phi) is 5.87. The van der Waals surface area contributed by atoms with Crippen LogP contribution >= 0.6 is 15.9 Å². The summed E-state index contributed by atoms with van der Waals surface area (Å²) in [6.07, 6.45) is -0.315. The highest BCUT2D eigenvalue weighted by molar-refractivity contribution is 9.10. The summed E-state index contributed by atoms with van der Waals surface area (Å²) >= 11 is 3.37. The lowest BCUT2D eigenvalue weighted by atomic mass is 10.1. The molecule has 2 rings (SSSR count). The van der Waals surface area contributed by atoms with Gasteiger partial charge in [-0.15, -0.1) is 0 Å². The highest BCUT2D eigenvalue weighted by Gasteiger charge is 2.12. The summed E-state index contributed by atoms with van der Waals surface area (Å²) in [5.74, 6) is -0.954. The van der Waals surface area contributed by atoms with Crippen LogP contribution in [0, 0.1) is 6.92 Å². The first-order valence-electron chi connectivity index (χ1n) is 7.32. The van der Waals surface area contributed by atoms with Crippen molar-refractivity contribution >= 4 is 44.9 Å². The average molecular weight is 389 g/mol. The van der Waals surface area contributed by atoms with Gasteiger partial charge in [0.15, 0.2) is 5.78 Å². The molecule has 24 heavy (non-hydrogen) atoms. The Labute approximate surface area is 148 Å². The number of hydrogen-bond acceptors (Lipinski definition) is 3. The van der Waals surface area contributed by atoms with E-state index in [0.29, 0.717) is 16.9 Å². The molecule has 0 atom stereocenters. The molecule has 0 spiro atoms. The molecule has 2 aromatic carbocycles. The molecule has 0 fully saturated rings. The molecule has 0 aliphatic carbocycles. The maximum atomic E-state index is 12.0. The van der Waals surface area contributed by atoms with Gasteiger partial charge in [-0.2, -0.15) is 0 Å². The summed E-state index contributed by atoms with van der Waals surface area (Å²) in [5, 5.41) is 5.30. The molecule has 2 aromatic rings. The number of aryl methyl sites for hydroxylation is 1. The number of anilines is 2. The molecule has 2 N–H and O–H groups in total. The van der Waals surface area contributed by atoms with Crippen LogP contribution in [0.5, 0.6) is 0 Å². The summed E-state index contributed by atoms with van der Waals surface area (Å²) in [6, 6.07) is 12.1. The van der Waals surface area contributed by atoms with E-state index in [2.05, 4.69) is 26.6 Å². The number of carbonyl (C=O) groups is 3. The van der Waals surface area contributed by atoms with Gasteiger partial charge in [0.05, 0.1) is 5.69 Å². The number of Topliss-reactive ketones (excluding diaryl/α,β-unsaturated/α-hetero) is 1. The van der Waals surface area contributed by atoms with Crippen LogP contribution in [0.4, 0.5) is 11.4 Å². The quantitative estimate of drug-likeness (QED) is 0.601. The molecule has 0 radical (unpaired) electrons. The molecular weight excluding hydrogens is 372 g/mol. The van der Waals surface area contributed by atoms with Crippen molar-refractivity contribution in [1.82, 2.24) is 0 Å². The highest BCUT2D eigenvalue weighted by Crippen LogP contribution is 2.23. The Morgan fingerprint density at radius 3 is 2.38 bits per heavy atom. The molecule has 0 unspecified atom stereocenters. The van der Waals surface area contributed by atoms with E-state index >= 15 is 0 Å². The van der Waals surface area contributed by atoms with E-state index < -0.39 is 11.8 Å². The Morgan fingerprint density at radius 2 is 1.71 bits per heavy atom. The molecule has 0 bridgehead atoms. The summed E-state index contributed by atoms with van der Waals surface area (Å²) in [5.41, 5.74) is 2.65. The van der Waals surface area contributed by atoms with Crippen LogP contribution in [-0.4, -0.2) is 17.6 Å². The lowest BCUT2D eigenvalue weighted by Crippen LogP contribution is -2.21. The van der Waals surface area contributed by atoms with Gasteiger partial charge >= 0.3 is 0 Å². The van der Waals surface area contributed by atoms with Gasteiger partial charge in [0, 0.05) is 15.7 Å². The normalized spacial score (nSPS) is 10.1. The summed E-state index contributed by atoms with van der Waals surface area (Å²) in [6.45, 7) is 3.40. The molecule has 0 aliphatic heterocycles. The van der Waals surface area contributed by atoms with Crippen molar-refractivity contribution in [2.24, 2.45) is 0 Å². The minimum atomic E-state index is -0.448. The molecule has 124 valence electrons. The van der Waals surface area contributed by atoms with Crippen LogP contribution < -0.4 is 10.6 Å². The molecule has 0 saturated carbocycles. The van der Waals surface area contributed by atoms with Gasteiger partial charge in [-0.05, 0) is 59.6 Å². The standard InChI is InChI=1S/C18H17BrN2O3/c1-11-6-7-16(15(19)8-11)21-18(24)10-17(23)20-14-5-3-4-13(9-14)12(2)22/h3-9H,10H2,1-2H3,(H,20,23)(H,21,24). The minimum Gasteiger partial charge on any atom is -0.326 e. The van der Waals surface area contributed by atoms with Crippen molar-refractivity contribution < 1.29 is 14.4 Å². The van der Waals surface area contributed by atoms with Gasteiger partial charge in [0.25, 0.3) is 0 Å². The van der Waals surface area contributed by atoms with E-state index in [0.717, 1.165) is 10.0 Å². The van der Waals surface area contributed by atoms with Crippen molar-refractivity contribution in [3.63, 3.8) is 0 Å². The van der Waals surface area contributed by atoms with Gasteiger partial charge in [-0.25, -0.2) is 0 Å². The third kappa shape index (κ3) is 5.03. The number of carbonyl (C=O) groups excluding carboxylic acids is 3.